The molecule has 3 rings (SSSR count). The van der Waals surface area contributed by atoms with Gasteiger partial charge in [0.05, 0.1) is 13.2 Å². The lowest BCUT2D eigenvalue weighted by molar-refractivity contribution is 0.0747. The molecule has 0 aliphatic carbocycles. The minimum atomic E-state index is -2.40. The Bertz CT molecular complexity index is 916. The van der Waals surface area contributed by atoms with Crippen LogP contribution in [-0.2, 0) is 16.8 Å². The number of rotatable bonds is 10. The monoisotopic (exact) mass is 428 g/mol. The first kappa shape index (κ1) is 22.3. The second kappa shape index (κ2) is 10.6. The van der Waals surface area contributed by atoms with Crippen LogP contribution in [0, 0.1) is 0 Å². The topological polar surface area (TPSA) is 18.5 Å². The third kappa shape index (κ3) is 6.31. The van der Waals surface area contributed by atoms with Gasteiger partial charge >= 0.3 is 0 Å². The van der Waals surface area contributed by atoms with Crippen molar-refractivity contribution in [1.29, 1.82) is 0 Å². The van der Waals surface area contributed by atoms with E-state index in [-0.39, 0.29) is 5.41 Å². The number of ether oxygens (including phenoxy) is 2. The third-order valence-corrected chi connectivity index (χ3v) is 5.85. The van der Waals surface area contributed by atoms with Gasteiger partial charge in [-0.1, -0.05) is 68.1 Å². The zero-order valence-electron chi connectivity index (χ0n) is 17.2. The molecule has 0 heterocycles. The highest BCUT2D eigenvalue weighted by atomic mass is 32.2. The molecule has 0 aromatic heterocycles. The summed E-state index contributed by atoms with van der Waals surface area (Å²) < 4.78 is 37.0. The van der Waals surface area contributed by atoms with E-state index >= 15 is 0 Å². The highest BCUT2D eigenvalue weighted by molar-refractivity contribution is 7.99. The molecule has 0 saturated heterocycles. The van der Waals surface area contributed by atoms with Crippen LogP contribution in [0.15, 0.2) is 83.8 Å². The van der Waals surface area contributed by atoms with Gasteiger partial charge in [-0.3, -0.25) is 0 Å². The molecule has 0 amide bonds. The zero-order valence-corrected chi connectivity index (χ0v) is 18.0. The van der Waals surface area contributed by atoms with Crippen LogP contribution in [0.2, 0.25) is 0 Å². The van der Waals surface area contributed by atoms with Crippen LogP contribution in [0.4, 0.5) is 8.78 Å². The number of hydrogen-bond acceptors (Lipinski definition) is 3. The van der Waals surface area contributed by atoms with Gasteiger partial charge in [0.15, 0.2) is 0 Å². The average molecular weight is 429 g/mol. The molecule has 158 valence electrons. The predicted molar refractivity (Wildman–Crippen MR) is 119 cm³/mol. The lowest BCUT2D eigenvalue weighted by Gasteiger charge is -2.29. The lowest BCUT2D eigenvalue weighted by atomic mass is 9.81. The molecule has 0 saturated carbocycles. The van der Waals surface area contributed by atoms with Gasteiger partial charge in [-0.2, -0.15) is 8.78 Å². The number of alkyl halides is 2. The minimum Gasteiger partial charge on any atom is -0.457 e. The maximum absolute atomic E-state index is 12.5. The van der Waals surface area contributed by atoms with Crippen LogP contribution in [-0.4, -0.2) is 12.4 Å². The van der Waals surface area contributed by atoms with Crippen molar-refractivity contribution in [2.45, 2.75) is 42.9 Å². The molecule has 0 aliphatic heterocycles. The summed E-state index contributed by atoms with van der Waals surface area (Å²) in [5.41, 5.74) is 1.93. The predicted octanol–water partition coefficient (Wildman–Crippen LogP) is 7.68. The van der Waals surface area contributed by atoms with Crippen molar-refractivity contribution in [2.24, 2.45) is 0 Å². The van der Waals surface area contributed by atoms with E-state index in [1.54, 1.807) is 12.1 Å². The van der Waals surface area contributed by atoms with Gasteiger partial charge in [-0.05, 0) is 53.9 Å². The van der Waals surface area contributed by atoms with Crippen LogP contribution in [0.25, 0.3) is 0 Å². The van der Waals surface area contributed by atoms with Crippen LogP contribution < -0.4 is 4.74 Å². The first-order valence-corrected chi connectivity index (χ1v) is 10.8. The highest BCUT2D eigenvalue weighted by Crippen LogP contribution is 2.32. The zero-order chi connectivity index (χ0) is 21.4. The summed E-state index contributed by atoms with van der Waals surface area (Å²) >= 11 is 0.566. The summed E-state index contributed by atoms with van der Waals surface area (Å²) in [6, 6.07) is 24.9. The van der Waals surface area contributed by atoms with Gasteiger partial charge in [0.2, 0.25) is 0 Å². The van der Waals surface area contributed by atoms with E-state index in [1.165, 1.54) is 0 Å². The van der Waals surface area contributed by atoms with Crippen molar-refractivity contribution in [3.8, 4) is 11.5 Å². The molecule has 5 heteroatoms. The highest BCUT2D eigenvalue weighted by Gasteiger charge is 2.25. The molecule has 2 nitrogen and oxygen atoms in total. The van der Waals surface area contributed by atoms with Gasteiger partial charge in [0.25, 0.3) is 5.76 Å². The lowest BCUT2D eigenvalue weighted by Crippen LogP contribution is -2.27. The van der Waals surface area contributed by atoms with Gasteiger partial charge in [-0.25, -0.2) is 0 Å². The first-order valence-electron chi connectivity index (χ1n) is 9.93. The molecule has 1 atom stereocenters. The molecular formula is C25H26F2O2S. The van der Waals surface area contributed by atoms with E-state index in [9.17, 15) is 8.78 Å². The smallest absolute Gasteiger partial charge is 0.288 e. The van der Waals surface area contributed by atoms with Crippen molar-refractivity contribution < 1.29 is 18.3 Å². The molecular weight excluding hydrogens is 402 g/mol. The Morgan fingerprint density at radius 2 is 1.60 bits per heavy atom. The van der Waals surface area contributed by atoms with Crippen molar-refractivity contribution in [3.63, 3.8) is 0 Å². The fourth-order valence-corrected chi connectivity index (χ4v) is 3.64. The van der Waals surface area contributed by atoms with Crippen molar-refractivity contribution in [3.05, 3.63) is 90.0 Å². The molecule has 0 radical (unpaired) electrons. The Balaban J connectivity index is 1.59. The number of hydrogen-bond donors (Lipinski definition) is 0. The van der Waals surface area contributed by atoms with E-state index in [4.69, 9.17) is 9.47 Å². The molecule has 0 N–H and O–H groups in total. The van der Waals surface area contributed by atoms with Crippen molar-refractivity contribution >= 4 is 11.8 Å². The fourth-order valence-electron chi connectivity index (χ4n) is 3.15. The van der Waals surface area contributed by atoms with Gasteiger partial charge in [0.1, 0.15) is 11.5 Å². The van der Waals surface area contributed by atoms with Crippen molar-refractivity contribution in [2.75, 3.05) is 6.61 Å². The fraction of sp³-hybridized carbons (Fsp3) is 0.280. The average Bonchev–Trinajstić information content (AvgIpc) is 2.75. The van der Waals surface area contributed by atoms with Crippen LogP contribution in [0.3, 0.4) is 0 Å². The normalized spacial score (nSPS) is 13.2. The van der Waals surface area contributed by atoms with E-state index in [0.29, 0.717) is 29.9 Å². The molecule has 30 heavy (non-hydrogen) atoms. The maximum Gasteiger partial charge on any atom is 0.288 e. The molecule has 0 aliphatic rings. The second-order valence-corrected chi connectivity index (χ2v) is 8.44. The second-order valence-electron chi connectivity index (χ2n) is 7.37. The summed E-state index contributed by atoms with van der Waals surface area (Å²) in [4.78, 5) is 0.573. The SMILES string of the molecule is CCC(C)(COCc1cccc(Oc2ccccc2)c1)c1ccc(SC(F)F)cc1. The summed E-state index contributed by atoms with van der Waals surface area (Å²) in [5, 5.41) is 0. The molecule has 1 unspecified atom stereocenters. The summed E-state index contributed by atoms with van der Waals surface area (Å²) in [7, 11) is 0. The van der Waals surface area contributed by atoms with Crippen molar-refractivity contribution in [1.82, 2.24) is 0 Å². The Morgan fingerprint density at radius 1 is 0.900 bits per heavy atom. The van der Waals surface area contributed by atoms with Crippen LogP contribution >= 0.6 is 11.8 Å². The Morgan fingerprint density at radius 3 is 2.27 bits per heavy atom. The Labute approximate surface area is 181 Å². The summed E-state index contributed by atoms with van der Waals surface area (Å²) in [6.07, 6.45) is 0.880. The van der Waals surface area contributed by atoms with Gasteiger partial charge < -0.3 is 9.47 Å². The summed E-state index contributed by atoms with van der Waals surface area (Å²) in [6.45, 7) is 5.26. The first-order chi connectivity index (χ1) is 14.5. The standard InChI is InChI=1S/C25H26F2O2S/c1-3-25(2,20-12-14-23(15-13-20)30-24(26)27)18-28-17-19-8-7-11-22(16-19)29-21-9-5-4-6-10-21/h4-16,24H,3,17-18H2,1-2H3. The minimum absolute atomic E-state index is 0.188. The molecule has 0 fully saturated rings. The number of para-hydroxylation sites is 1. The largest absolute Gasteiger partial charge is 0.457 e. The molecule has 0 bridgehead atoms. The van der Waals surface area contributed by atoms with Crippen LogP contribution in [0.1, 0.15) is 31.4 Å². The van der Waals surface area contributed by atoms with E-state index in [0.717, 1.165) is 29.0 Å². The van der Waals surface area contributed by atoms with E-state index < -0.39 is 5.76 Å². The maximum atomic E-state index is 12.5. The molecule has 3 aromatic carbocycles. The van der Waals surface area contributed by atoms with E-state index in [1.807, 2.05) is 66.7 Å². The summed E-state index contributed by atoms with van der Waals surface area (Å²) in [5.74, 6) is -0.839. The van der Waals surface area contributed by atoms with E-state index in [2.05, 4.69) is 13.8 Å². The Kier molecular flexibility index (Phi) is 7.88. The quantitative estimate of drug-likeness (QED) is 0.309. The molecule has 3 aromatic rings. The van der Waals surface area contributed by atoms with Gasteiger partial charge in [0, 0.05) is 10.3 Å². The Hall–Kier alpha value is -2.37. The number of thioether (sulfide) groups is 1. The third-order valence-electron chi connectivity index (χ3n) is 5.12. The number of benzene rings is 3. The number of halogens is 2. The molecule has 0 spiro atoms. The van der Waals surface area contributed by atoms with Crippen LogP contribution in [0.5, 0.6) is 11.5 Å². The van der Waals surface area contributed by atoms with Gasteiger partial charge in [-0.15, -0.1) is 0 Å².